The maximum Gasteiger partial charge on any atom is 0.261 e. The van der Waals surface area contributed by atoms with Crippen LogP contribution in [-0.2, 0) is 9.53 Å². The molecule has 1 atom stereocenters. The molecule has 0 saturated heterocycles. The van der Waals surface area contributed by atoms with Crippen LogP contribution in [0.5, 0.6) is 0 Å². The van der Waals surface area contributed by atoms with Gasteiger partial charge in [0.15, 0.2) is 0 Å². The molecule has 0 aliphatic heterocycles. The van der Waals surface area contributed by atoms with Gasteiger partial charge in [-0.25, -0.2) is 8.78 Å². The van der Waals surface area contributed by atoms with Crippen molar-refractivity contribution in [1.82, 2.24) is 0 Å². The Morgan fingerprint density at radius 1 is 1.47 bits per heavy atom. The van der Waals surface area contributed by atoms with Gasteiger partial charge < -0.3 is 15.2 Å². The zero-order valence-corrected chi connectivity index (χ0v) is 10.6. The summed E-state index contributed by atoms with van der Waals surface area (Å²) >= 11 is 0. The molecule has 19 heavy (non-hydrogen) atoms. The van der Waals surface area contributed by atoms with Crippen molar-refractivity contribution in [3.8, 4) is 0 Å². The van der Waals surface area contributed by atoms with Crippen molar-refractivity contribution in [1.29, 1.82) is 0 Å². The molecule has 4 nitrogen and oxygen atoms in total. The number of benzene rings is 1. The van der Waals surface area contributed by atoms with Crippen LogP contribution in [0.4, 0.5) is 14.5 Å². The van der Waals surface area contributed by atoms with Crippen LogP contribution in [0.1, 0.15) is 25.0 Å². The number of rotatable bonds is 7. The number of hydrogen-bond acceptors (Lipinski definition) is 3. The van der Waals surface area contributed by atoms with Crippen LogP contribution in [0.3, 0.4) is 0 Å². The van der Waals surface area contributed by atoms with Gasteiger partial charge in [-0.1, -0.05) is 12.1 Å². The topological polar surface area (TPSA) is 58.6 Å². The lowest BCUT2D eigenvalue weighted by Crippen LogP contribution is -2.15. The molecule has 6 heteroatoms. The van der Waals surface area contributed by atoms with Crippen molar-refractivity contribution in [2.45, 2.75) is 25.9 Å². The number of anilines is 1. The van der Waals surface area contributed by atoms with Gasteiger partial charge in [0.25, 0.3) is 6.43 Å². The largest absolute Gasteiger partial charge is 0.389 e. The summed E-state index contributed by atoms with van der Waals surface area (Å²) in [6, 6.07) is 6.80. The van der Waals surface area contributed by atoms with E-state index < -0.39 is 19.1 Å². The van der Waals surface area contributed by atoms with Gasteiger partial charge >= 0.3 is 0 Å². The van der Waals surface area contributed by atoms with Gasteiger partial charge in [0.2, 0.25) is 5.91 Å². The summed E-state index contributed by atoms with van der Waals surface area (Å²) < 4.78 is 28.2. The fraction of sp³-hybridized carbons (Fsp3) is 0.462. The molecule has 0 radical (unpaired) electrons. The molecule has 0 aliphatic carbocycles. The Hall–Kier alpha value is -1.53. The molecular weight excluding hydrogens is 256 g/mol. The normalized spacial score (nSPS) is 12.5. The van der Waals surface area contributed by atoms with Crippen LogP contribution in [0, 0.1) is 0 Å². The smallest absolute Gasteiger partial charge is 0.261 e. The highest BCUT2D eigenvalue weighted by atomic mass is 19.3. The highest BCUT2D eigenvalue weighted by molar-refractivity contribution is 5.90. The summed E-state index contributed by atoms with van der Waals surface area (Å²) in [6.45, 7) is 0.913. The predicted molar refractivity (Wildman–Crippen MR) is 67.1 cm³/mol. The van der Waals surface area contributed by atoms with E-state index in [1.54, 1.807) is 31.2 Å². The Kier molecular flexibility index (Phi) is 6.38. The molecule has 2 N–H and O–H groups in total. The number of nitrogens with one attached hydrogen (secondary N) is 1. The Morgan fingerprint density at radius 3 is 2.84 bits per heavy atom. The quantitative estimate of drug-likeness (QED) is 0.750. The average Bonchev–Trinajstić information content (AvgIpc) is 2.34. The molecule has 1 rings (SSSR count). The van der Waals surface area contributed by atoms with Gasteiger partial charge in [-0.2, -0.15) is 0 Å². The summed E-state index contributed by atoms with van der Waals surface area (Å²) in [4.78, 5) is 11.5. The summed E-state index contributed by atoms with van der Waals surface area (Å²) in [5.41, 5.74) is 1.24. The second-order valence-corrected chi connectivity index (χ2v) is 4.07. The highest BCUT2D eigenvalue weighted by Gasteiger charge is 2.06. The number of amides is 1. The second-order valence-electron chi connectivity index (χ2n) is 4.07. The molecule has 0 spiro atoms. The second kappa shape index (κ2) is 7.81. The highest BCUT2D eigenvalue weighted by Crippen LogP contribution is 2.17. The maximum absolute atomic E-state index is 11.8. The van der Waals surface area contributed by atoms with Gasteiger partial charge in [-0.05, 0) is 24.6 Å². The Bertz CT molecular complexity index is 411. The molecule has 0 aliphatic rings. The van der Waals surface area contributed by atoms with E-state index in [-0.39, 0.29) is 18.9 Å². The van der Waals surface area contributed by atoms with Crippen LogP contribution in [0.15, 0.2) is 24.3 Å². The van der Waals surface area contributed by atoms with Crippen LogP contribution in [0.25, 0.3) is 0 Å². The van der Waals surface area contributed by atoms with Crippen molar-refractivity contribution in [3.05, 3.63) is 29.8 Å². The summed E-state index contributed by atoms with van der Waals surface area (Å²) in [5, 5.41) is 12.0. The fourth-order valence-electron chi connectivity index (χ4n) is 1.44. The van der Waals surface area contributed by atoms with Crippen molar-refractivity contribution in [3.63, 3.8) is 0 Å². The summed E-state index contributed by atoms with van der Waals surface area (Å²) in [5.74, 6) is -0.322. The number of alkyl halides is 2. The zero-order chi connectivity index (χ0) is 14.3. The molecule has 0 saturated carbocycles. The van der Waals surface area contributed by atoms with Crippen molar-refractivity contribution >= 4 is 11.6 Å². The molecule has 106 valence electrons. The standard InChI is InChI=1S/C13H17F2NO3/c1-9(17)10-3-2-4-11(7-10)16-13(18)5-6-19-8-12(14)15/h2-4,7,9,12,17H,5-6,8H2,1H3,(H,16,18). The lowest BCUT2D eigenvalue weighted by molar-refractivity contribution is -0.117. The number of carbonyl (C=O) groups excluding carboxylic acids is 1. The minimum atomic E-state index is -2.52. The third-order valence-electron chi connectivity index (χ3n) is 2.37. The van der Waals surface area contributed by atoms with Crippen molar-refractivity contribution in [2.24, 2.45) is 0 Å². The number of halogens is 2. The number of hydrogen-bond donors (Lipinski definition) is 2. The van der Waals surface area contributed by atoms with E-state index in [1.807, 2.05) is 0 Å². The van der Waals surface area contributed by atoms with Gasteiger partial charge in [-0.15, -0.1) is 0 Å². The van der Waals surface area contributed by atoms with Gasteiger partial charge in [-0.3, -0.25) is 4.79 Å². The number of ether oxygens (including phenoxy) is 1. The van der Waals surface area contributed by atoms with Gasteiger partial charge in [0, 0.05) is 5.69 Å². The zero-order valence-electron chi connectivity index (χ0n) is 10.6. The molecule has 0 bridgehead atoms. The lowest BCUT2D eigenvalue weighted by Gasteiger charge is -2.09. The van der Waals surface area contributed by atoms with E-state index in [2.05, 4.69) is 10.1 Å². The van der Waals surface area contributed by atoms with E-state index in [0.717, 1.165) is 0 Å². The van der Waals surface area contributed by atoms with E-state index in [1.165, 1.54) is 0 Å². The van der Waals surface area contributed by atoms with E-state index >= 15 is 0 Å². The fourth-order valence-corrected chi connectivity index (χ4v) is 1.44. The molecule has 1 aromatic rings. The number of aliphatic hydroxyl groups is 1. The molecular formula is C13H17F2NO3. The summed E-state index contributed by atoms with van der Waals surface area (Å²) in [7, 11) is 0. The van der Waals surface area contributed by atoms with Gasteiger partial charge in [0.1, 0.15) is 6.61 Å². The minimum absolute atomic E-state index is 0.00558. The molecule has 1 amide bonds. The van der Waals surface area contributed by atoms with Gasteiger partial charge in [0.05, 0.1) is 19.1 Å². The lowest BCUT2D eigenvalue weighted by atomic mass is 10.1. The first kappa shape index (κ1) is 15.5. The van der Waals surface area contributed by atoms with Crippen LogP contribution < -0.4 is 5.32 Å². The molecule has 1 unspecified atom stereocenters. The van der Waals surface area contributed by atoms with Crippen molar-refractivity contribution < 1.29 is 23.4 Å². The average molecular weight is 273 g/mol. The van der Waals surface area contributed by atoms with E-state index in [9.17, 15) is 18.7 Å². The van der Waals surface area contributed by atoms with Crippen LogP contribution in [-0.4, -0.2) is 30.7 Å². The summed E-state index contributed by atoms with van der Waals surface area (Å²) in [6.07, 6.45) is -3.14. The molecule has 0 aromatic heterocycles. The molecule has 1 aromatic carbocycles. The van der Waals surface area contributed by atoms with Crippen molar-refractivity contribution in [2.75, 3.05) is 18.5 Å². The van der Waals surface area contributed by atoms with E-state index in [0.29, 0.717) is 11.3 Å². The number of carbonyl (C=O) groups is 1. The third-order valence-corrected chi connectivity index (χ3v) is 2.37. The Labute approximate surface area is 110 Å². The third kappa shape index (κ3) is 6.26. The van der Waals surface area contributed by atoms with E-state index in [4.69, 9.17) is 0 Å². The Balaban J connectivity index is 2.37. The molecule has 0 heterocycles. The minimum Gasteiger partial charge on any atom is -0.389 e. The van der Waals surface area contributed by atoms with Crippen LogP contribution in [0.2, 0.25) is 0 Å². The first-order valence-electron chi connectivity index (χ1n) is 5.93. The van der Waals surface area contributed by atoms with Crippen LogP contribution >= 0.6 is 0 Å². The predicted octanol–water partition coefficient (Wildman–Crippen LogP) is 2.35. The monoisotopic (exact) mass is 273 g/mol. The molecule has 0 fully saturated rings. The SMILES string of the molecule is CC(O)c1cccc(NC(=O)CCOCC(F)F)c1. The number of aliphatic hydroxyl groups excluding tert-OH is 1. The first-order valence-corrected chi connectivity index (χ1v) is 5.93. The Morgan fingerprint density at radius 2 is 2.21 bits per heavy atom. The first-order chi connectivity index (χ1) is 8.99. The maximum atomic E-state index is 11.8.